The van der Waals surface area contributed by atoms with Crippen LogP contribution in [-0.4, -0.2) is 22.6 Å². The number of hydrogen-bond acceptors (Lipinski definition) is 2. The Labute approximate surface area is 112 Å². The quantitative estimate of drug-likeness (QED) is 0.824. The van der Waals surface area contributed by atoms with Crippen LogP contribution in [0.15, 0.2) is 23.0 Å². The molecule has 2 aromatic rings. The van der Waals surface area contributed by atoms with Crippen LogP contribution in [0.1, 0.15) is 38.8 Å². The lowest BCUT2D eigenvalue weighted by Gasteiger charge is -2.22. The molecule has 4 heteroatoms. The molecule has 1 saturated heterocycles. The number of para-hydroxylation sites is 1. The lowest BCUT2D eigenvalue weighted by atomic mass is 9.86. The number of fused-ring (bicyclic) bond motifs is 1. The SMILES string of the molecule is CC(C)(C)c1cccc2[nH]c(=O)n(C3CCNC3)c12. The van der Waals surface area contributed by atoms with Gasteiger partial charge in [0.05, 0.1) is 17.1 Å². The molecule has 102 valence electrons. The number of aromatic amines is 1. The molecule has 0 radical (unpaired) electrons. The third-order valence-corrected chi connectivity index (χ3v) is 3.94. The number of hydrogen-bond donors (Lipinski definition) is 2. The zero-order valence-corrected chi connectivity index (χ0v) is 11.8. The van der Waals surface area contributed by atoms with Crippen molar-refractivity contribution < 1.29 is 0 Å². The summed E-state index contributed by atoms with van der Waals surface area (Å²) < 4.78 is 1.95. The molecule has 1 atom stereocenters. The van der Waals surface area contributed by atoms with Crippen molar-refractivity contribution in [2.45, 2.75) is 38.6 Å². The van der Waals surface area contributed by atoms with E-state index in [0.29, 0.717) is 0 Å². The molecule has 1 unspecified atom stereocenters. The van der Waals surface area contributed by atoms with Gasteiger partial charge in [0, 0.05) is 6.54 Å². The molecule has 0 saturated carbocycles. The highest BCUT2D eigenvalue weighted by Crippen LogP contribution is 2.30. The number of nitrogens with zero attached hydrogens (tertiary/aromatic N) is 1. The van der Waals surface area contributed by atoms with E-state index in [1.165, 1.54) is 5.56 Å². The third kappa shape index (κ3) is 2.00. The lowest BCUT2D eigenvalue weighted by Crippen LogP contribution is -2.25. The Morgan fingerprint density at radius 1 is 1.32 bits per heavy atom. The van der Waals surface area contributed by atoms with Gasteiger partial charge in [-0.05, 0) is 30.0 Å². The zero-order valence-electron chi connectivity index (χ0n) is 11.8. The Morgan fingerprint density at radius 3 is 2.74 bits per heavy atom. The van der Waals surface area contributed by atoms with Crippen molar-refractivity contribution in [2.75, 3.05) is 13.1 Å². The van der Waals surface area contributed by atoms with Gasteiger partial charge >= 0.3 is 5.69 Å². The normalized spacial score (nSPS) is 20.3. The van der Waals surface area contributed by atoms with Gasteiger partial charge in [0.1, 0.15) is 0 Å². The van der Waals surface area contributed by atoms with Crippen molar-refractivity contribution in [3.63, 3.8) is 0 Å². The molecule has 0 amide bonds. The van der Waals surface area contributed by atoms with E-state index in [-0.39, 0.29) is 17.1 Å². The molecular formula is C15H21N3O. The van der Waals surface area contributed by atoms with Crippen molar-refractivity contribution >= 4 is 11.0 Å². The number of nitrogens with one attached hydrogen (secondary N) is 2. The Morgan fingerprint density at radius 2 is 2.11 bits per heavy atom. The van der Waals surface area contributed by atoms with E-state index in [9.17, 15) is 4.79 Å². The van der Waals surface area contributed by atoms with E-state index < -0.39 is 0 Å². The van der Waals surface area contributed by atoms with Gasteiger partial charge in [-0.3, -0.25) is 4.57 Å². The average molecular weight is 259 g/mol. The van der Waals surface area contributed by atoms with Gasteiger partial charge in [0.25, 0.3) is 0 Å². The standard InChI is InChI=1S/C15H21N3O/c1-15(2,3)11-5-4-6-12-13(11)18(14(19)17-12)10-7-8-16-9-10/h4-6,10,16H,7-9H2,1-3H3,(H,17,19). The second kappa shape index (κ2) is 4.23. The fourth-order valence-corrected chi connectivity index (χ4v) is 2.99. The van der Waals surface area contributed by atoms with E-state index in [2.05, 4.69) is 37.1 Å². The van der Waals surface area contributed by atoms with Crippen molar-refractivity contribution in [2.24, 2.45) is 0 Å². The zero-order chi connectivity index (χ0) is 13.6. The summed E-state index contributed by atoms with van der Waals surface area (Å²) in [7, 11) is 0. The summed E-state index contributed by atoms with van der Waals surface area (Å²) in [6, 6.07) is 6.42. The minimum atomic E-state index is 0.0143. The highest BCUT2D eigenvalue weighted by molar-refractivity contribution is 5.80. The topological polar surface area (TPSA) is 49.8 Å². The molecule has 0 spiro atoms. The minimum Gasteiger partial charge on any atom is -0.315 e. The summed E-state index contributed by atoms with van der Waals surface area (Å²) in [6.07, 6.45) is 1.02. The molecule has 1 aliphatic rings. The van der Waals surface area contributed by atoms with Gasteiger partial charge in [-0.2, -0.15) is 0 Å². The molecule has 0 aliphatic carbocycles. The molecular weight excluding hydrogens is 238 g/mol. The summed E-state index contributed by atoms with van der Waals surface area (Å²) >= 11 is 0. The van der Waals surface area contributed by atoms with Gasteiger partial charge in [-0.15, -0.1) is 0 Å². The van der Waals surface area contributed by atoms with Gasteiger partial charge in [-0.25, -0.2) is 4.79 Å². The number of benzene rings is 1. The highest BCUT2D eigenvalue weighted by Gasteiger charge is 2.25. The summed E-state index contributed by atoms with van der Waals surface area (Å²) in [6.45, 7) is 8.44. The van der Waals surface area contributed by atoms with Crippen molar-refractivity contribution in [3.05, 3.63) is 34.2 Å². The van der Waals surface area contributed by atoms with Gasteiger partial charge < -0.3 is 10.3 Å². The Hall–Kier alpha value is -1.55. The van der Waals surface area contributed by atoms with Crippen LogP contribution < -0.4 is 11.0 Å². The maximum Gasteiger partial charge on any atom is 0.326 e. The smallest absolute Gasteiger partial charge is 0.315 e. The third-order valence-electron chi connectivity index (χ3n) is 3.94. The van der Waals surface area contributed by atoms with Gasteiger partial charge in [-0.1, -0.05) is 32.9 Å². The molecule has 1 fully saturated rings. The van der Waals surface area contributed by atoms with Gasteiger partial charge in [0.2, 0.25) is 0 Å². The van der Waals surface area contributed by atoms with Crippen molar-refractivity contribution in [1.82, 2.24) is 14.9 Å². The molecule has 1 aromatic heterocycles. The largest absolute Gasteiger partial charge is 0.326 e. The van der Waals surface area contributed by atoms with Crippen LogP contribution in [0.25, 0.3) is 11.0 Å². The first-order chi connectivity index (χ1) is 8.98. The monoisotopic (exact) mass is 259 g/mol. The fourth-order valence-electron chi connectivity index (χ4n) is 2.99. The van der Waals surface area contributed by atoms with Crippen LogP contribution in [0.5, 0.6) is 0 Å². The Balaban J connectivity index is 2.31. The molecule has 3 rings (SSSR count). The van der Waals surface area contributed by atoms with Crippen LogP contribution in [0.3, 0.4) is 0 Å². The predicted molar refractivity (Wildman–Crippen MR) is 77.8 cm³/mol. The Bertz CT molecular complexity index is 654. The van der Waals surface area contributed by atoms with Crippen molar-refractivity contribution in [3.8, 4) is 0 Å². The number of H-pyrrole nitrogens is 1. The first-order valence-electron chi connectivity index (χ1n) is 6.93. The molecule has 4 nitrogen and oxygen atoms in total. The summed E-state index contributed by atoms with van der Waals surface area (Å²) in [5, 5.41) is 3.34. The number of imidazole rings is 1. The fraction of sp³-hybridized carbons (Fsp3) is 0.533. The van der Waals surface area contributed by atoms with Crippen LogP contribution in [-0.2, 0) is 5.41 Å². The van der Waals surface area contributed by atoms with E-state index >= 15 is 0 Å². The second-order valence-electron chi connectivity index (χ2n) is 6.40. The van der Waals surface area contributed by atoms with Crippen LogP contribution in [0, 0.1) is 0 Å². The van der Waals surface area contributed by atoms with Crippen LogP contribution in [0.2, 0.25) is 0 Å². The molecule has 19 heavy (non-hydrogen) atoms. The number of rotatable bonds is 1. The van der Waals surface area contributed by atoms with E-state index in [1.807, 2.05) is 16.7 Å². The first kappa shape index (κ1) is 12.5. The van der Waals surface area contributed by atoms with Crippen LogP contribution >= 0.6 is 0 Å². The minimum absolute atomic E-state index is 0.0143. The molecule has 1 aromatic carbocycles. The predicted octanol–water partition coefficient (Wildman–Crippen LogP) is 2.16. The highest BCUT2D eigenvalue weighted by atomic mass is 16.1. The summed E-state index contributed by atoms with van der Waals surface area (Å²) in [4.78, 5) is 15.3. The van der Waals surface area contributed by atoms with E-state index in [0.717, 1.165) is 30.5 Å². The Kier molecular flexibility index (Phi) is 2.78. The maximum absolute atomic E-state index is 12.3. The molecule has 2 N–H and O–H groups in total. The molecule has 1 aliphatic heterocycles. The maximum atomic E-state index is 12.3. The van der Waals surface area contributed by atoms with E-state index in [4.69, 9.17) is 0 Å². The lowest BCUT2D eigenvalue weighted by molar-refractivity contribution is 0.535. The van der Waals surface area contributed by atoms with Gasteiger partial charge in [0.15, 0.2) is 0 Å². The summed E-state index contributed by atoms with van der Waals surface area (Å²) in [5.41, 5.74) is 3.30. The number of aromatic nitrogens is 2. The molecule has 2 heterocycles. The van der Waals surface area contributed by atoms with Crippen LogP contribution in [0.4, 0.5) is 0 Å². The van der Waals surface area contributed by atoms with E-state index in [1.54, 1.807) is 0 Å². The summed E-state index contributed by atoms with van der Waals surface area (Å²) in [5.74, 6) is 0. The average Bonchev–Trinajstić information content (AvgIpc) is 2.92. The molecule has 0 bridgehead atoms. The second-order valence-corrected chi connectivity index (χ2v) is 6.40. The van der Waals surface area contributed by atoms with Crippen molar-refractivity contribution in [1.29, 1.82) is 0 Å². The first-order valence-corrected chi connectivity index (χ1v) is 6.93.